The molecular weight excluding hydrogens is 311 g/mol. The SMILES string of the molecule is CC[C@]1(c2ccc(F)cc2)NC(=O)N(CCS(C)(=O)=O)C1=O. The molecule has 1 atom stereocenters. The van der Waals surface area contributed by atoms with Gasteiger partial charge in [-0.1, -0.05) is 19.1 Å². The highest BCUT2D eigenvalue weighted by atomic mass is 32.2. The van der Waals surface area contributed by atoms with Gasteiger partial charge in [-0.15, -0.1) is 0 Å². The summed E-state index contributed by atoms with van der Waals surface area (Å²) in [5.74, 6) is -1.26. The number of hydrogen-bond donors (Lipinski definition) is 1. The third-order valence-corrected chi connectivity index (χ3v) is 4.65. The molecular formula is C14H17FN2O4S. The Morgan fingerprint density at radius 3 is 2.32 bits per heavy atom. The minimum absolute atomic E-state index is 0.202. The normalized spacial score (nSPS) is 22.0. The largest absolute Gasteiger partial charge is 0.325 e. The molecule has 1 aliphatic heterocycles. The van der Waals surface area contributed by atoms with E-state index in [1.807, 2.05) is 0 Å². The Morgan fingerprint density at radius 1 is 1.23 bits per heavy atom. The molecule has 1 N–H and O–H groups in total. The summed E-state index contributed by atoms with van der Waals surface area (Å²) < 4.78 is 35.5. The summed E-state index contributed by atoms with van der Waals surface area (Å²) in [6.07, 6.45) is 1.32. The maximum Gasteiger partial charge on any atom is 0.325 e. The Labute approximate surface area is 128 Å². The van der Waals surface area contributed by atoms with Crippen LogP contribution >= 0.6 is 0 Å². The minimum atomic E-state index is -3.30. The molecule has 1 heterocycles. The number of benzene rings is 1. The van der Waals surface area contributed by atoms with Crippen molar-refractivity contribution in [2.24, 2.45) is 0 Å². The molecule has 0 unspecified atom stereocenters. The van der Waals surface area contributed by atoms with Gasteiger partial charge >= 0.3 is 6.03 Å². The van der Waals surface area contributed by atoms with Crippen LogP contribution in [-0.2, 0) is 20.2 Å². The van der Waals surface area contributed by atoms with E-state index in [1.54, 1.807) is 6.92 Å². The Balaban J connectivity index is 2.33. The summed E-state index contributed by atoms with van der Waals surface area (Å²) in [5.41, 5.74) is -0.806. The first-order chi connectivity index (χ1) is 10.2. The van der Waals surface area contributed by atoms with E-state index >= 15 is 0 Å². The molecule has 22 heavy (non-hydrogen) atoms. The fourth-order valence-corrected chi connectivity index (χ4v) is 2.97. The maximum atomic E-state index is 13.1. The van der Waals surface area contributed by atoms with Crippen LogP contribution in [0.2, 0.25) is 0 Å². The highest BCUT2D eigenvalue weighted by molar-refractivity contribution is 7.90. The smallest absolute Gasteiger partial charge is 0.319 e. The predicted molar refractivity (Wildman–Crippen MR) is 78.3 cm³/mol. The number of hydrogen-bond acceptors (Lipinski definition) is 4. The summed E-state index contributed by atoms with van der Waals surface area (Å²) in [6, 6.07) is 4.67. The minimum Gasteiger partial charge on any atom is -0.319 e. The molecule has 8 heteroatoms. The highest BCUT2D eigenvalue weighted by Gasteiger charge is 2.51. The average Bonchev–Trinajstić information content (AvgIpc) is 2.68. The maximum absolute atomic E-state index is 13.1. The lowest BCUT2D eigenvalue weighted by atomic mass is 9.87. The topological polar surface area (TPSA) is 83.6 Å². The van der Waals surface area contributed by atoms with E-state index in [0.717, 1.165) is 11.2 Å². The first-order valence-electron chi connectivity index (χ1n) is 6.77. The molecule has 0 aromatic heterocycles. The fraction of sp³-hybridized carbons (Fsp3) is 0.429. The molecule has 1 saturated heterocycles. The van der Waals surface area contributed by atoms with Gasteiger partial charge < -0.3 is 5.32 Å². The third-order valence-electron chi connectivity index (χ3n) is 3.73. The van der Waals surface area contributed by atoms with Crippen molar-refractivity contribution in [2.45, 2.75) is 18.9 Å². The van der Waals surface area contributed by atoms with Crippen LogP contribution < -0.4 is 5.32 Å². The second-order valence-electron chi connectivity index (χ2n) is 5.28. The number of carbonyl (C=O) groups is 2. The predicted octanol–water partition coefficient (Wildman–Crippen LogP) is 1.03. The van der Waals surface area contributed by atoms with Gasteiger partial charge in [0.15, 0.2) is 0 Å². The number of nitrogens with one attached hydrogen (secondary N) is 1. The van der Waals surface area contributed by atoms with Crippen LogP contribution in [0.15, 0.2) is 24.3 Å². The number of rotatable bonds is 5. The Morgan fingerprint density at radius 2 is 1.82 bits per heavy atom. The van der Waals surface area contributed by atoms with Crippen molar-refractivity contribution in [2.75, 3.05) is 18.6 Å². The molecule has 1 fully saturated rings. The zero-order valence-corrected chi connectivity index (χ0v) is 13.1. The van der Waals surface area contributed by atoms with Gasteiger partial charge in [0, 0.05) is 12.8 Å². The van der Waals surface area contributed by atoms with Gasteiger partial charge in [0.25, 0.3) is 5.91 Å². The average molecular weight is 328 g/mol. The van der Waals surface area contributed by atoms with Gasteiger partial charge in [-0.3, -0.25) is 9.69 Å². The summed E-state index contributed by atoms with van der Waals surface area (Å²) >= 11 is 0. The first-order valence-corrected chi connectivity index (χ1v) is 8.83. The molecule has 0 radical (unpaired) electrons. The standard InChI is InChI=1S/C14H17FN2O4S/c1-3-14(10-4-6-11(15)7-5-10)12(18)17(13(19)16-14)8-9-22(2,20)21/h4-7H,3,8-9H2,1-2H3,(H,16,19)/t14-/m1/s1. The van der Waals surface area contributed by atoms with Crippen LogP contribution in [0.5, 0.6) is 0 Å². The quantitative estimate of drug-likeness (QED) is 0.818. The van der Waals surface area contributed by atoms with E-state index in [4.69, 9.17) is 0 Å². The highest BCUT2D eigenvalue weighted by Crippen LogP contribution is 2.32. The Bertz CT molecular complexity index is 702. The van der Waals surface area contributed by atoms with E-state index in [0.29, 0.717) is 5.56 Å². The number of amides is 3. The van der Waals surface area contributed by atoms with E-state index in [-0.39, 0.29) is 18.7 Å². The van der Waals surface area contributed by atoms with Crippen LogP contribution in [0, 0.1) is 5.82 Å². The molecule has 1 aromatic rings. The van der Waals surface area contributed by atoms with Crippen molar-refractivity contribution in [3.63, 3.8) is 0 Å². The van der Waals surface area contributed by atoms with Gasteiger partial charge in [-0.2, -0.15) is 0 Å². The van der Waals surface area contributed by atoms with Crippen LogP contribution in [0.4, 0.5) is 9.18 Å². The van der Waals surface area contributed by atoms with E-state index in [1.165, 1.54) is 24.3 Å². The summed E-state index contributed by atoms with van der Waals surface area (Å²) in [6.45, 7) is 1.52. The lowest BCUT2D eigenvalue weighted by molar-refractivity contribution is -0.131. The van der Waals surface area contributed by atoms with Crippen molar-refractivity contribution >= 4 is 21.8 Å². The van der Waals surface area contributed by atoms with Crippen molar-refractivity contribution in [3.05, 3.63) is 35.6 Å². The van der Waals surface area contributed by atoms with Crippen LogP contribution in [0.25, 0.3) is 0 Å². The molecule has 1 aromatic carbocycles. The number of nitrogens with zero attached hydrogens (tertiary/aromatic N) is 1. The number of halogens is 1. The second kappa shape index (κ2) is 5.68. The van der Waals surface area contributed by atoms with Crippen molar-refractivity contribution in [1.82, 2.24) is 10.2 Å². The van der Waals surface area contributed by atoms with Gasteiger partial charge in [0.05, 0.1) is 5.75 Å². The first kappa shape index (κ1) is 16.4. The van der Waals surface area contributed by atoms with Crippen LogP contribution in [0.1, 0.15) is 18.9 Å². The summed E-state index contributed by atoms with van der Waals surface area (Å²) in [7, 11) is -3.30. The van der Waals surface area contributed by atoms with Crippen molar-refractivity contribution in [1.29, 1.82) is 0 Å². The lowest BCUT2D eigenvalue weighted by Gasteiger charge is -2.25. The second-order valence-corrected chi connectivity index (χ2v) is 7.54. The molecule has 3 amide bonds. The molecule has 1 aliphatic rings. The van der Waals surface area contributed by atoms with Gasteiger partial charge in [0.2, 0.25) is 0 Å². The zero-order valence-electron chi connectivity index (χ0n) is 12.3. The van der Waals surface area contributed by atoms with Gasteiger partial charge in [-0.05, 0) is 24.1 Å². The van der Waals surface area contributed by atoms with Crippen molar-refractivity contribution < 1.29 is 22.4 Å². The lowest BCUT2D eigenvalue weighted by Crippen LogP contribution is -2.43. The van der Waals surface area contributed by atoms with Gasteiger partial charge in [0.1, 0.15) is 21.2 Å². The molecule has 0 bridgehead atoms. The van der Waals surface area contributed by atoms with E-state index in [9.17, 15) is 22.4 Å². The Hall–Kier alpha value is -1.96. The number of imide groups is 1. The number of sulfone groups is 1. The van der Waals surface area contributed by atoms with Crippen molar-refractivity contribution in [3.8, 4) is 0 Å². The van der Waals surface area contributed by atoms with E-state index in [2.05, 4.69) is 5.32 Å². The Kier molecular flexibility index (Phi) is 4.23. The number of carbonyl (C=O) groups excluding carboxylic acids is 2. The van der Waals surface area contributed by atoms with Crippen LogP contribution in [-0.4, -0.2) is 43.8 Å². The monoisotopic (exact) mass is 328 g/mol. The molecule has 2 rings (SSSR count). The zero-order chi connectivity index (χ0) is 16.5. The molecule has 6 nitrogen and oxygen atoms in total. The fourth-order valence-electron chi connectivity index (χ4n) is 2.46. The van der Waals surface area contributed by atoms with Crippen LogP contribution in [0.3, 0.4) is 0 Å². The van der Waals surface area contributed by atoms with Gasteiger partial charge in [-0.25, -0.2) is 17.6 Å². The summed E-state index contributed by atoms with van der Waals surface area (Å²) in [4.78, 5) is 25.6. The molecule has 0 aliphatic carbocycles. The summed E-state index contributed by atoms with van der Waals surface area (Å²) in [5, 5.41) is 2.61. The molecule has 0 spiro atoms. The molecule has 0 saturated carbocycles. The van der Waals surface area contributed by atoms with E-state index < -0.39 is 33.1 Å². The molecule has 120 valence electrons. The third kappa shape index (κ3) is 2.96. The number of urea groups is 1.